The van der Waals surface area contributed by atoms with Gasteiger partial charge in [0.1, 0.15) is 5.82 Å². The molecule has 0 fully saturated rings. The molecule has 4 heteroatoms. The predicted molar refractivity (Wildman–Crippen MR) is 71.0 cm³/mol. The quantitative estimate of drug-likeness (QED) is 0.844. The summed E-state index contributed by atoms with van der Waals surface area (Å²) in [6, 6.07) is 8.21. The molecule has 0 aliphatic carbocycles. The van der Waals surface area contributed by atoms with Crippen LogP contribution in [-0.2, 0) is 0 Å². The molecular formula is C13H18N4. The fourth-order valence-corrected chi connectivity index (χ4v) is 1.78. The lowest BCUT2D eigenvalue weighted by Crippen LogP contribution is -2.20. The summed E-state index contributed by atoms with van der Waals surface area (Å²) in [5, 5.41) is 3.35. The van der Waals surface area contributed by atoms with Crippen molar-refractivity contribution in [2.45, 2.75) is 26.3 Å². The number of hydrogen-bond acceptors (Lipinski definition) is 4. The third-order valence-electron chi connectivity index (χ3n) is 2.73. The molecular weight excluding hydrogens is 212 g/mol. The second kappa shape index (κ2) is 5.10. The summed E-state index contributed by atoms with van der Waals surface area (Å²) in [7, 11) is 0. The fourth-order valence-electron chi connectivity index (χ4n) is 1.78. The fraction of sp³-hybridized carbons (Fsp3) is 0.385. The van der Waals surface area contributed by atoms with Gasteiger partial charge < -0.3 is 11.1 Å². The number of aromatic nitrogens is 2. The van der Waals surface area contributed by atoms with Crippen LogP contribution in [0.3, 0.4) is 0 Å². The van der Waals surface area contributed by atoms with Gasteiger partial charge in [-0.15, -0.1) is 0 Å². The number of nitrogens with one attached hydrogen (secondary N) is 1. The van der Waals surface area contributed by atoms with Gasteiger partial charge in [-0.2, -0.15) is 0 Å². The lowest BCUT2D eigenvalue weighted by molar-refractivity contribution is 0.712. The maximum absolute atomic E-state index is 5.54. The van der Waals surface area contributed by atoms with Crippen molar-refractivity contribution in [1.29, 1.82) is 0 Å². The van der Waals surface area contributed by atoms with E-state index in [9.17, 15) is 0 Å². The molecule has 0 aliphatic rings. The second-order valence-electron chi connectivity index (χ2n) is 4.27. The zero-order valence-corrected chi connectivity index (χ0v) is 10.3. The number of nitrogens with two attached hydrogens (primary N) is 1. The molecule has 1 atom stereocenters. The van der Waals surface area contributed by atoms with Crippen LogP contribution < -0.4 is 11.1 Å². The van der Waals surface area contributed by atoms with Crippen molar-refractivity contribution < 1.29 is 0 Å². The first-order chi connectivity index (χ1) is 8.20. The zero-order chi connectivity index (χ0) is 12.3. The Hall–Kier alpha value is -1.68. The van der Waals surface area contributed by atoms with E-state index in [0.29, 0.717) is 12.6 Å². The molecule has 1 aromatic carbocycles. The average Bonchev–Trinajstić information content (AvgIpc) is 2.30. The van der Waals surface area contributed by atoms with Crippen molar-refractivity contribution in [3.05, 3.63) is 30.0 Å². The van der Waals surface area contributed by atoms with Crippen LogP contribution in [0, 0.1) is 6.92 Å². The molecule has 0 radical (unpaired) electrons. The van der Waals surface area contributed by atoms with E-state index in [4.69, 9.17) is 5.73 Å². The Morgan fingerprint density at radius 1 is 1.24 bits per heavy atom. The number of aryl methyl sites for hydroxylation is 1. The van der Waals surface area contributed by atoms with Crippen molar-refractivity contribution in [3.63, 3.8) is 0 Å². The summed E-state index contributed by atoms with van der Waals surface area (Å²) in [5.41, 5.74) is 8.31. The van der Waals surface area contributed by atoms with Gasteiger partial charge in [-0.05, 0) is 38.9 Å². The third-order valence-corrected chi connectivity index (χ3v) is 2.73. The van der Waals surface area contributed by atoms with Gasteiger partial charge in [0.05, 0.1) is 16.7 Å². The Morgan fingerprint density at radius 2 is 1.88 bits per heavy atom. The van der Waals surface area contributed by atoms with Gasteiger partial charge in [0.25, 0.3) is 0 Å². The molecule has 2 aromatic rings. The lowest BCUT2D eigenvalue weighted by atomic mass is 10.2. The van der Waals surface area contributed by atoms with Gasteiger partial charge in [0.15, 0.2) is 0 Å². The molecule has 3 N–H and O–H groups in total. The van der Waals surface area contributed by atoms with Crippen LogP contribution in [0.4, 0.5) is 5.82 Å². The van der Waals surface area contributed by atoms with E-state index in [-0.39, 0.29) is 0 Å². The average molecular weight is 230 g/mol. The van der Waals surface area contributed by atoms with Crippen molar-refractivity contribution >= 4 is 16.9 Å². The highest BCUT2D eigenvalue weighted by molar-refractivity contribution is 5.76. The maximum Gasteiger partial charge on any atom is 0.148 e. The summed E-state index contributed by atoms with van der Waals surface area (Å²) in [6.07, 6.45) is 0.925. The molecule has 0 aliphatic heterocycles. The number of anilines is 1. The molecule has 0 saturated heterocycles. The highest BCUT2D eigenvalue weighted by atomic mass is 15.0. The molecule has 2 rings (SSSR count). The van der Waals surface area contributed by atoms with E-state index in [1.54, 1.807) is 0 Å². The lowest BCUT2D eigenvalue weighted by Gasteiger charge is -2.15. The predicted octanol–water partition coefficient (Wildman–Crippen LogP) is 2.09. The summed E-state index contributed by atoms with van der Waals surface area (Å²) < 4.78 is 0. The highest BCUT2D eigenvalue weighted by Crippen LogP contribution is 2.16. The van der Waals surface area contributed by atoms with Crippen LogP contribution in [0.25, 0.3) is 11.0 Å². The SMILES string of the molecule is Cc1nc2ccccc2nc1NC(C)CCN. The first-order valence-electron chi connectivity index (χ1n) is 5.90. The molecule has 0 amide bonds. The molecule has 0 bridgehead atoms. The van der Waals surface area contributed by atoms with E-state index >= 15 is 0 Å². The van der Waals surface area contributed by atoms with E-state index in [2.05, 4.69) is 22.2 Å². The number of para-hydroxylation sites is 2. The first kappa shape index (κ1) is 11.8. The van der Waals surface area contributed by atoms with Crippen molar-refractivity contribution in [2.24, 2.45) is 5.73 Å². The summed E-state index contributed by atoms with van der Waals surface area (Å²) in [5.74, 6) is 0.852. The molecule has 1 heterocycles. The number of fused-ring (bicyclic) bond motifs is 1. The Balaban J connectivity index is 2.31. The van der Waals surface area contributed by atoms with Gasteiger partial charge in [0.2, 0.25) is 0 Å². The minimum Gasteiger partial charge on any atom is -0.366 e. The summed E-state index contributed by atoms with van der Waals surface area (Å²) >= 11 is 0. The van der Waals surface area contributed by atoms with E-state index < -0.39 is 0 Å². The minimum atomic E-state index is 0.314. The van der Waals surface area contributed by atoms with E-state index in [1.807, 2.05) is 31.2 Å². The van der Waals surface area contributed by atoms with Gasteiger partial charge in [-0.25, -0.2) is 9.97 Å². The molecule has 4 nitrogen and oxygen atoms in total. The van der Waals surface area contributed by atoms with Crippen molar-refractivity contribution in [2.75, 3.05) is 11.9 Å². The van der Waals surface area contributed by atoms with Gasteiger partial charge in [-0.1, -0.05) is 12.1 Å². The molecule has 1 unspecified atom stereocenters. The van der Waals surface area contributed by atoms with Gasteiger partial charge in [-0.3, -0.25) is 0 Å². The Bertz CT molecular complexity index is 510. The van der Waals surface area contributed by atoms with Crippen LogP contribution >= 0.6 is 0 Å². The number of benzene rings is 1. The minimum absolute atomic E-state index is 0.314. The molecule has 0 spiro atoms. The smallest absolute Gasteiger partial charge is 0.148 e. The van der Waals surface area contributed by atoms with Gasteiger partial charge >= 0.3 is 0 Å². The molecule has 1 aromatic heterocycles. The summed E-state index contributed by atoms with van der Waals surface area (Å²) in [4.78, 5) is 9.12. The molecule has 90 valence electrons. The maximum atomic E-state index is 5.54. The van der Waals surface area contributed by atoms with Crippen LogP contribution in [-0.4, -0.2) is 22.6 Å². The Morgan fingerprint density at radius 3 is 2.53 bits per heavy atom. The number of hydrogen-bond donors (Lipinski definition) is 2. The van der Waals surface area contributed by atoms with Crippen LogP contribution in [0.1, 0.15) is 19.0 Å². The van der Waals surface area contributed by atoms with Gasteiger partial charge in [0, 0.05) is 6.04 Å². The van der Waals surface area contributed by atoms with Crippen molar-refractivity contribution in [3.8, 4) is 0 Å². The standard InChI is InChI=1S/C13H18N4/c1-9(7-8-14)15-13-10(2)16-11-5-3-4-6-12(11)17-13/h3-6,9H,7-8,14H2,1-2H3,(H,15,17). The topological polar surface area (TPSA) is 63.8 Å². The monoisotopic (exact) mass is 230 g/mol. The Labute approximate surface area is 101 Å². The first-order valence-corrected chi connectivity index (χ1v) is 5.90. The van der Waals surface area contributed by atoms with Crippen molar-refractivity contribution in [1.82, 2.24) is 9.97 Å². The zero-order valence-electron chi connectivity index (χ0n) is 10.3. The molecule has 0 saturated carbocycles. The summed E-state index contributed by atoms with van der Waals surface area (Å²) in [6.45, 7) is 4.74. The van der Waals surface area contributed by atoms with Crippen LogP contribution in [0.2, 0.25) is 0 Å². The highest BCUT2D eigenvalue weighted by Gasteiger charge is 2.07. The second-order valence-corrected chi connectivity index (χ2v) is 4.27. The third kappa shape index (κ3) is 2.71. The van der Waals surface area contributed by atoms with Crippen LogP contribution in [0.15, 0.2) is 24.3 Å². The largest absolute Gasteiger partial charge is 0.366 e. The molecule has 17 heavy (non-hydrogen) atoms. The van der Waals surface area contributed by atoms with E-state index in [1.165, 1.54) is 0 Å². The van der Waals surface area contributed by atoms with E-state index in [0.717, 1.165) is 29.0 Å². The number of nitrogens with zero attached hydrogens (tertiary/aromatic N) is 2. The van der Waals surface area contributed by atoms with Crippen LogP contribution in [0.5, 0.6) is 0 Å². The normalized spacial score (nSPS) is 12.6. The Kier molecular flexibility index (Phi) is 3.54. The number of rotatable bonds is 4.